The first-order valence-electron chi connectivity index (χ1n) is 7.76. The Balaban J connectivity index is 1.48. The number of aromatic nitrogens is 3. The van der Waals surface area contributed by atoms with Crippen molar-refractivity contribution in [2.75, 3.05) is 0 Å². The molecule has 0 saturated carbocycles. The average molecular weight is 400 g/mol. The lowest BCUT2D eigenvalue weighted by molar-refractivity contribution is 0.489. The highest BCUT2D eigenvalue weighted by Crippen LogP contribution is 2.28. The largest absolute Gasteiger partial charge is 0.431 e. The van der Waals surface area contributed by atoms with Crippen LogP contribution in [0.4, 0.5) is 0 Å². The number of thioether (sulfide) groups is 1. The lowest BCUT2D eigenvalue weighted by Gasteiger charge is -1.99. The summed E-state index contributed by atoms with van der Waals surface area (Å²) >= 11 is 8.88. The Morgan fingerprint density at radius 1 is 1.15 bits per heavy atom. The highest BCUT2D eigenvalue weighted by molar-refractivity contribution is 7.98. The van der Waals surface area contributed by atoms with Crippen LogP contribution in [0.25, 0.3) is 26.3 Å². The van der Waals surface area contributed by atoms with Crippen LogP contribution < -0.4 is 5.56 Å². The summed E-state index contributed by atoms with van der Waals surface area (Å²) in [4.78, 5) is 22.3. The SMILES string of the molecule is O=c1cc(CSc2nc3cc(Cl)ccc3o2)nc2sc3ccccc3n12. The minimum atomic E-state index is -0.0765. The number of halogens is 1. The molecule has 5 rings (SSSR count). The summed E-state index contributed by atoms with van der Waals surface area (Å²) in [6.45, 7) is 0. The van der Waals surface area contributed by atoms with Gasteiger partial charge in [-0.05, 0) is 30.3 Å². The molecule has 0 bridgehead atoms. The molecular formula is C18H10ClN3O2S2. The normalized spacial score (nSPS) is 11.7. The van der Waals surface area contributed by atoms with Crippen molar-refractivity contribution >= 4 is 61.0 Å². The molecule has 3 heterocycles. The molecule has 5 nitrogen and oxygen atoms in total. The van der Waals surface area contributed by atoms with Crippen LogP contribution in [0.1, 0.15) is 5.69 Å². The Bertz CT molecular complexity index is 1340. The van der Waals surface area contributed by atoms with Gasteiger partial charge in [0.1, 0.15) is 5.52 Å². The summed E-state index contributed by atoms with van der Waals surface area (Å²) in [5.74, 6) is 0.501. The smallest absolute Gasteiger partial charge is 0.259 e. The number of benzene rings is 2. The maximum absolute atomic E-state index is 12.5. The molecule has 0 atom stereocenters. The van der Waals surface area contributed by atoms with E-state index < -0.39 is 0 Å². The molecule has 0 aliphatic rings. The van der Waals surface area contributed by atoms with E-state index in [9.17, 15) is 4.79 Å². The topological polar surface area (TPSA) is 60.4 Å². The number of para-hydroxylation sites is 1. The molecule has 0 aliphatic carbocycles. The lowest BCUT2D eigenvalue weighted by atomic mass is 10.3. The molecule has 0 unspecified atom stereocenters. The van der Waals surface area contributed by atoms with Crippen molar-refractivity contribution in [3.05, 3.63) is 69.6 Å². The van der Waals surface area contributed by atoms with Gasteiger partial charge in [0.05, 0.1) is 15.9 Å². The Morgan fingerprint density at radius 2 is 2.04 bits per heavy atom. The third-order valence-corrected chi connectivity index (χ3v) is 6.04. The Kier molecular flexibility index (Phi) is 3.74. The van der Waals surface area contributed by atoms with Gasteiger partial charge >= 0.3 is 0 Å². The minimum Gasteiger partial charge on any atom is -0.431 e. The molecule has 0 aliphatic heterocycles. The van der Waals surface area contributed by atoms with E-state index in [-0.39, 0.29) is 5.56 Å². The molecule has 0 fully saturated rings. The first kappa shape index (κ1) is 15.9. The molecule has 128 valence electrons. The van der Waals surface area contributed by atoms with Crippen LogP contribution in [-0.2, 0) is 5.75 Å². The summed E-state index contributed by atoms with van der Waals surface area (Å²) in [6.07, 6.45) is 0. The molecule has 3 aromatic heterocycles. The number of fused-ring (bicyclic) bond motifs is 4. The van der Waals surface area contributed by atoms with Crippen LogP contribution in [0.15, 0.2) is 63.0 Å². The highest BCUT2D eigenvalue weighted by Gasteiger charge is 2.11. The van der Waals surface area contributed by atoms with Crippen molar-refractivity contribution in [2.24, 2.45) is 0 Å². The van der Waals surface area contributed by atoms with Crippen molar-refractivity contribution in [3.8, 4) is 0 Å². The van der Waals surface area contributed by atoms with Crippen molar-refractivity contribution in [3.63, 3.8) is 0 Å². The molecule has 26 heavy (non-hydrogen) atoms. The first-order valence-corrected chi connectivity index (χ1v) is 9.94. The number of rotatable bonds is 3. The third-order valence-electron chi connectivity index (χ3n) is 3.92. The predicted octanol–water partition coefficient (Wildman–Crippen LogP) is 5.00. The fraction of sp³-hybridized carbons (Fsp3) is 0.0556. The van der Waals surface area contributed by atoms with Gasteiger partial charge in [-0.25, -0.2) is 9.97 Å². The second kappa shape index (κ2) is 6.12. The van der Waals surface area contributed by atoms with E-state index in [1.54, 1.807) is 28.7 Å². The first-order chi connectivity index (χ1) is 12.7. The number of hydrogen-bond donors (Lipinski definition) is 0. The molecule has 0 amide bonds. The van der Waals surface area contributed by atoms with Gasteiger partial charge in [-0.2, -0.15) is 0 Å². The molecule has 2 aromatic carbocycles. The van der Waals surface area contributed by atoms with E-state index in [1.807, 2.05) is 24.3 Å². The zero-order chi connectivity index (χ0) is 17.7. The van der Waals surface area contributed by atoms with Gasteiger partial charge in [0.25, 0.3) is 10.8 Å². The summed E-state index contributed by atoms with van der Waals surface area (Å²) in [5, 5.41) is 1.15. The van der Waals surface area contributed by atoms with Gasteiger partial charge in [0.15, 0.2) is 10.5 Å². The summed E-state index contributed by atoms with van der Waals surface area (Å²) in [6, 6.07) is 14.7. The Morgan fingerprint density at radius 3 is 2.96 bits per heavy atom. The average Bonchev–Trinajstić information content (AvgIpc) is 3.20. The molecule has 5 aromatic rings. The molecule has 0 spiro atoms. The maximum atomic E-state index is 12.5. The standard InChI is InChI=1S/C18H10ClN3O2S2/c19-10-5-6-14-12(7-10)21-18(24-14)25-9-11-8-16(23)22-13-3-1-2-4-15(13)26-17(22)20-11/h1-8H,9H2. The van der Waals surface area contributed by atoms with Gasteiger partial charge in [-0.1, -0.05) is 46.8 Å². The maximum Gasteiger partial charge on any atom is 0.259 e. The molecule has 0 radical (unpaired) electrons. The van der Waals surface area contributed by atoms with Crippen molar-refractivity contribution < 1.29 is 4.42 Å². The van der Waals surface area contributed by atoms with Gasteiger partial charge in [0.2, 0.25) is 0 Å². The van der Waals surface area contributed by atoms with E-state index in [0.717, 1.165) is 10.2 Å². The Hall–Kier alpha value is -2.35. The predicted molar refractivity (Wildman–Crippen MR) is 105 cm³/mol. The number of oxazole rings is 1. The fourth-order valence-electron chi connectivity index (χ4n) is 2.77. The van der Waals surface area contributed by atoms with Crippen LogP contribution in [0.3, 0.4) is 0 Å². The third kappa shape index (κ3) is 2.68. The van der Waals surface area contributed by atoms with Gasteiger partial charge < -0.3 is 4.42 Å². The van der Waals surface area contributed by atoms with Crippen molar-refractivity contribution in [2.45, 2.75) is 11.0 Å². The number of thiazole rings is 1. The monoisotopic (exact) mass is 399 g/mol. The Labute approximate surface area is 160 Å². The zero-order valence-corrected chi connectivity index (χ0v) is 15.6. The summed E-state index contributed by atoms with van der Waals surface area (Å²) in [7, 11) is 0. The van der Waals surface area contributed by atoms with Crippen LogP contribution in [-0.4, -0.2) is 14.4 Å². The van der Waals surface area contributed by atoms with Gasteiger partial charge in [-0.3, -0.25) is 9.20 Å². The lowest BCUT2D eigenvalue weighted by Crippen LogP contribution is -2.13. The summed E-state index contributed by atoms with van der Waals surface area (Å²) < 4.78 is 8.38. The van der Waals surface area contributed by atoms with E-state index >= 15 is 0 Å². The summed E-state index contributed by atoms with van der Waals surface area (Å²) in [5.41, 5.74) is 2.91. The van der Waals surface area contributed by atoms with Crippen LogP contribution >= 0.6 is 34.7 Å². The number of hydrogen-bond acceptors (Lipinski definition) is 6. The van der Waals surface area contributed by atoms with Crippen LogP contribution in [0, 0.1) is 0 Å². The van der Waals surface area contributed by atoms with Crippen molar-refractivity contribution in [1.82, 2.24) is 14.4 Å². The molecular weight excluding hydrogens is 390 g/mol. The van der Waals surface area contributed by atoms with Gasteiger partial charge in [-0.15, -0.1) is 0 Å². The van der Waals surface area contributed by atoms with Gasteiger partial charge in [0, 0.05) is 16.8 Å². The number of nitrogens with zero attached hydrogens (tertiary/aromatic N) is 3. The van der Waals surface area contributed by atoms with E-state index in [2.05, 4.69) is 9.97 Å². The second-order valence-corrected chi connectivity index (χ2v) is 8.03. The molecule has 8 heteroatoms. The highest BCUT2D eigenvalue weighted by atomic mass is 35.5. The van der Waals surface area contributed by atoms with E-state index in [1.165, 1.54) is 23.1 Å². The van der Waals surface area contributed by atoms with Crippen LogP contribution in [0.5, 0.6) is 0 Å². The fourth-order valence-corrected chi connectivity index (χ4v) is 4.72. The molecule has 0 N–H and O–H groups in total. The molecule has 0 saturated heterocycles. The van der Waals surface area contributed by atoms with Crippen LogP contribution in [0.2, 0.25) is 5.02 Å². The van der Waals surface area contributed by atoms with E-state index in [4.69, 9.17) is 16.0 Å². The van der Waals surface area contributed by atoms with Crippen molar-refractivity contribution in [1.29, 1.82) is 0 Å². The minimum absolute atomic E-state index is 0.0765. The zero-order valence-electron chi connectivity index (χ0n) is 13.2. The quantitative estimate of drug-likeness (QED) is 0.400. The second-order valence-electron chi connectivity index (χ2n) is 5.65. The van der Waals surface area contributed by atoms with E-state index in [0.29, 0.717) is 37.8 Å².